The van der Waals surface area contributed by atoms with Crippen molar-refractivity contribution in [3.05, 3.63) is 52.6 Å². The smallest absolute Gasteiger partial charge is 0.330 e. The first kappa shape index (κ1) is 25.2. The number of urea groups is 1. The maximum Gasteiger partial charge on any atom is 0.354 e. The van der Waals surface area contributed by atoms with E-state index in [1.165, 1.54) is 23.2 Å². The predicted octanol–water partition coefficient (Wildman–Crippen LogP) is 1.55. The number of halogens is 1. The monoisotopic (exact) mass is 513 g/mol. The summed E-state index contributed by atoms with van der Waals surface area (Å²) in [5, 5.41) is 6.21. The fourth-order valence-electron chi connectivity index (χ4n) is 6.49. The average Bonchev–Trinajstić information content (AvgIpc) is 3.31. The molecule has 3 saturated heterocycles. The van der Waals surface area contributed by atoms with Crippen LogP contribution in [0.1, 0.15) is 18.4 Å². The fraction of sp³-hybridized carbons (Fsp3) is 0.577. The van der Waals surface area contributed by atoms with Gasteiger partial charge in [0.25, 0.3) is 0 Å². The van der Waals surface area contributed by atoms with Crippen LogP contribution in [-0.2, 0) is 6.42 Å². The van der Waals surface area contributed by atoms with E-state index >= 15 is 0 Å². The lowest BCUT2D eigenvalue weighted by atomic mass is 9.87. The van der Waals surface area contributed by atoms with Gasteiger partial charge in [0.15, 0.2) is 0 Å². The normalized spacial score (nSPS) is 28.8. The number of hydrogen-bond donors (Lipinski definition) is 3. The van der Waals surface area contributed by atoms with E-state index in [0.29, 0.717) is 5.82 Å². The Labute approximate surface area is 217 Å². The van der Waals surface area contributed by atoms with Gasteiger partial charge in [-0.15, -0.1) is 12.4 Å². The first-order valence-electron chi connectivity index (χ1n) is 12.9. The number of piperidine rings is 1. The third-order valence-electron chi connectivity index (χ3n) is 8.75. The van der Waals surface area contributed by atoms with E-state index < -0.39 is 5.69 Å². The van der Waals surface area contributed by atoms with Crippen LogP contribution in [0.4, 0.5) is 10.6 Å². The molecule has 3 unspecified atom stereocenters. The Bertz CT molecular complexity index is 1140. The molecule has 3 atom stereocenters. The van der Waals surface area contributed by atoms with Gasteiger partial charge in [0.05, 0.1) is 5.69 Å². The second kappa shape index (κ2) is 10.1. The van der Waals surface area contributed by atoms with Crippen molar-refractivity contribution < 1.29 is 4.79 Å². The highest BCUT2D eigenvalue weighted by Crippen LogP contribution is 2.50. The third kappa shape index (κ3) is 4.89. The molecule has 1 spiro atoms. The van der Waals surface area contributed by atoms with Crippen LogP contribution in [0, 0.1) is 23.2 Å². The molecule has 194 valence electrons. The van der Waals surface area contributed by atoms with Gasteiger partial charge in [-0.25, -0.2) is 9.59 Å². The quantitative estimate of drug-likeness (QED) is 0.541. The summed E-state index contributed by atoms with van der Waals surface area (Å²) >= 11 is 0. The van der Waals surface area contributed by atoms with Gasteiger partial charge < -0.3 is 20.9 Å². The van der Waals surface area contributed by atoms with E-state index in [1.807, 2.05) is 17.0 Å². The number of likely N-dealkylation sites (tertiary alicyclic amines) is 2. The van der Waals surface area contributed by atoms with Gasteiger partial charge in [-0.05, 0) is 73.9 Å². The maximum atomic E-state index is 12.7. The molecule has 2 aromatic rings. The van der Waals surface area contributed by atoms with E-state index in [1.54, 1.807) is 12.3 Å². The van der Waals surface area contributed by atoms with Gasteiger partial charge in [0.2, 0.25) is 0 Å². The lowest BCUT2D eigenvalue weighted by molar-refractivity contribution is 0.215. The number of fused-ring (bicyclic) bond motifs is 1. The zero-order valence-corrected chi connectivity index (χ0v) is 21.4. The number of rotatable bonds is 6. The molecule has 2 amide bonds. The highest BCUT2D eigenvalue weighted by atomic mass is 35.5. The summed E-state index contributed by atoms with van der Waals surface area (Å²) in [4.78, 5) is 33.9. The Kier molecular flexibility index (Phi) is 7.09. The first-order chi connectivity index (χ1) is 17.0. The van der Waals surface area contributed by atoms with Crippen LogP contribution in [0.15, 0.2) is 41.3 Å². The average molecular weight is 514 g/mol. The van der Waals surface area contributed by atoms with Gasteiger partial charge >= 0.3 is 11.7 Å². The number of nitrogens with two attached hydrogens (primary N) is 1. The number of nitrogens with one attached hydrogen (secondary N) is 2. The Balaban J connectivity index is 0.00000267. The van der Waals surface area contributed by atoms with Crippen LogP contribution in [0.2, 0.25) is 0 Å². The number of amides is 2. The van der Waals surface area contributed by atoms with Crippen LogP contribution in [-0.4, -0.2) is 77.7 Å². The van der Waals surface area contributed by atoms with Crippen molar-refractivity contribution in [2.24, 2.45) is 28.9 Å². The second-order valence-corrected chi connectivity index (χ2v) is 10.9. The van der Waals surface area contributed by atoms with E-state index in [0.717, 1.165) is 82.0 Å². The van der Waals surface area contributed by atoms with Gasteiger partial charge in [0.1, 0.15) is 5.82 Å². The largest absolute Gasteiger partial charge is 0.354 e. The summed E-state index contributed by atoms with van der Waals surface area (Å²) < 4.78 is 1.51. The van der Waals surface area contributed by atoms with Crippen LogP contribution in [0.5, 0.6) is 0 Å². The lowest BCUT2D eigenvalue weighted by Gasteiger charge is -2.22. The summed E-state index contributed by atoms with van der Waals surface area (Å²) in [5.74, 6) is 2.70. The Hall–Kier alpha value is -2.46. The second-order valence-electron chi connectivity index (χ2n) is 10.9. The summed E-state index contributed by atoms with van der Waals surface area (Å²) in [6.07, 6.45) is 4.81. The number of hydrogen-bond acceptors (Lipinski definition) is 6. The summed E-state index contributed by atoms with van der Waals surface area (Å²) in [5.41, 5.74) is 7.65. The van der Waals surface area contributed by atoms with E-state index in [2.05, 4.69) is 32.7 Å². The molecule has 10 heteroatoms. The minimum absolute atomic E-state index is 0. The SMILES string of the molecule is Cl.NCC1C2CN(CCc3ccc(-n4ccc(NC(=O)N5CCC6(CCNC6)C5)nc4=O)cc3)CC12. The summed E-state index contributed by atoms with van der Waals surface area (Å²) in [7, 11) is 0. The molecule has 4 fully saturated rings. The van der Waals surface area contributed by atoms with Crippen molar-refractivity contribution in [2.45, 2.75) is 19.3 Å². The molecule has 9 nitrogen and oxygen atoms in total. The topological polar surface area (TPSA) is 109 Å². The standard InChI is InChI=1S/C26H35N7O2.ClH/c27-13-20-21-14-31(15-22(20)21)10-5-18-1-3-19(4-2-18)33-11-6-23(30-25(33)35)29-24(34)32-12-8-26(17-32)7-9-28-16-26;/h1-4,6,11,20-22,28H,5,7-10,12-17,27H2,(H,29,30,34,35);1H. The van der Waals surface area contributed by atoms with Gasteiger partial charge in [-0.1, -0.05) is 12.1 Å². The van der Waals surface area contributed by atoms with E-state index in [9.17, 15) is 9.59 Å². The molecule has 1 aromatic carbocycles. The highest BCUT2D eigenvalue weighted by Gasteiger charge is 2.54. The highest BCUT2D eigenvalue weighted by molar-refractivity contribution is 5.88. The number of carbonyl (C=O) groups is 1. The Morgan fingerprint density at radius 2 is 1.94 bits per heavy atom. The number of carbonyl (C=O) groups excluding carboxylic acids is 1. The van der Waals surface area contributed by atoms with Crippen LogP contribution in [0.25, 0.3) is 5.69 Å². The zero-order valence-electron chi connectivity index (χ0n) is 20.6. The number of benzene rings is 1. The number of anilines is 1. The molecule has 1 aliphatic carbocycles. The molecular formula is C26H36ClN7O2. The molecule has 4 N–H and O–H groups in total. The van der Waals surface area contributed by atoms with Gasteiger partial charge in [0, 0.05) is 50.9 Å². The minimum Gasteiger partial charge on any atom is -0.330 e. The molecule has 1 aromatic heterocycles. The van der Waals surface area contributed by atoms with Crippen molar-refractivity contribution in [1.82, 2.24) is 24.7 Å². The molecule has 0 radical (unpaired) electrons. The fourth-order valence-corrected chi connectivity index (χ4v) is 6.49. The Morgan fingerprint density at radius 1 is 1.17 bits per heavy atom. The van der Waals surface area contributed by atoms with E-state index in [4.69, 9.17) is 5.73 Å². The van der Waals surface area contributed by atoms with E-state index in [-0.39, 0.29) is 23.9 Å². The first-order valence-corrected chi connectivity index (χ1v) is 12.9. The summed E-state index contributed by atoms with van der Waals surface area (Å²) in [6.45, 7) is 7.75. The molecule has 3 aliphatic heterocycles. The Morgan fingerprint density at radius 3 is 2.61 bits per heavy atom. The van der Waals surface area contributed by atoms with Crippen molar-refractivity contribution in [1.29, 1.82) is 0 Å². The van der Waals surface area contributed by atoms with Crippen molar-refractivity contribution >= 4 is 24.3 Å². The molecule has 36 heavy (non-hydrogen) atoms. The predicted molar refractivity (Wildman–Crippen MR) is 142 cm³/mol. The zero-order chi connectivity index (χ0) is 24.0. The summed E-state index contributed by atoms with van der Waals surface area (Å²) in [6, 6.07) is 9.58. The maximum absolute atomic E-state index is 12.7. The molecule has 6 rings (SSSR count). The van der Waals surface area contributed by atoms with Crippen molar-refractivity contribution in [3.8, 4) is 5.69 Å². The number of aromatic nitrogens is 2. The molecular weight excluding hydrogens is 478 g/mol. The molecule has 0 bridgehead atoms. The van der Waals surface area contributed by atoms with Crippen LogP contribution >= 0.6 is 12.4 Å². The molecule has 1 saturated carbocycles. The number of nitrogens with zero attached hydrogens (tertiary/aromatic N) is 4. The third-order valence-corrected chi connectivity index (χ3v) is 8.75. The minimum atomic E-state index is -0.404. The molecule has 4 aliphatic rings. The molecule has 4 heterocycles. The van der Waals surface area contributed by atoms with Gasteiger partial charge in [-0.3, -0.25) is 9.88 Å². The van der Waals surface area contributed by atoms with Gasteiger partial charge in [-0.2, -0.15) is 4.98 Å². The van der Waals surface area contributed by atoms with Crippen molar-refractivity contribution in [3.63, 3.8) is 0 Å². The lowest BCUT2D eigenvalue weighted by Crippen LogP contribution is -2.36. The van der Waals surface area contributed by atoms with Crippen molar-refractivity contribution in [2.75, 3.05) is 57.7 Å². The van der Waals surface area contributed by atoms with Crippen LogP contribution in [0.3, 0.4) is 0 Å². The van der Waals surface area contributed by atoms with Crippen LogP contribution < -0.4 is 22.1 Å².